The van der Waals surface area contributed by atoms with Gasteiger partial charge in [-0.05, 0) is 36.8 Å². The summed E-state index contributed by atoms with van der Waals surface area (Å²) >= 11 is 5.72. The normalized spacial score (nSPS) is 10.5. The highest BCUT2D eigenvalue weighted by Gasteiger charge is 1.97. The highest BCUT2D eigenvalue weighted by molar-refractivity contribution is 6.30. The van der Waals surface area contributed by atoms with E-state index in [1.54, 1.807) is 13.0 Å². The van der Waals surface area contributed by atoms with E-state index in [-0.39, 0.29) is 5.75 Å². The Bertz CT molecular complexity index is 365. The van der Waals surface area contributed by atoms with Crippen LogP contribution >= 0.6 is 11.6 Å². The quantitative estimate of drug-likeness (QED) is 0.637. The zero-order chi connectivity index (χ0) is 11.3. The lowest BCUT2D eigenvalue weighted by atomic mass is 10.2. The van der Waals surface area contributed by atoms with Crippen LogP contribution < -0.4 is 0 Å². The van der Waals surface area contributed by atoms with Gasteiger partial charge in [-0.25, -0.2) is 4.79 Å². The van der Waals surface area contributed by atoms with Crippen LogP contribution in [0.2, 0.25) is 5.02 Å². The summed E-state index contributed by atoms with van der Waals surface area (Å²) in [5.41, 5.74) is 0.646. The number of halogens is 1. The molecule has 0 amide bonds. The van der Waals surface area contributed by atoms with Crippen molar-refractivity contribution in [2.24, 2.45) is 0 Å². The number of carbonyl (C=O) groups is 1. The molecule has 0 aromatic heterocycles. The molecule has 1 aromatic carbocycles. The zero-order valence-electron chi connectivity index (χ0n) is 8.24. The third-order valence-electron chi connectivity index (χ3n) is 1.60. The number of aromatic hydroxyl groups is 1. The lowest BCUT2D eigenvalue weighted by Crippen LogP contribution is -1.98. The van der Waals surface area contributed by atoms with Gasteiger partial charge < -0.3 is 9.84 Å². The average Bonchev–Trinajstić information content (AvgIpc) is 2.14. The third kappa shape index (κ3) is 4.04. The van der Waals surface area contributed by atoms with Gasteiger partial charge in [0.15, 0.2) is 0 Å². The molecule has 4 heteroatoms. The fourth-order valence-corrected chi connectivity index (χ4v) is 1.28. The van der Waals surface area contributed by atoms with E-state index in [1.807, 2.05) is 0 Å². The summed E-state index contributed by atoms with van der Waals surface area (Å²) in [5.74, 6) is -0.358. The average molecular weight is 227 g/mol. The molecule has 0 heterocycles. The first-order valence-corrected chi connectivity index (χ1v) is 4.84. The van der Waals surface area contributed by atoms with E-state index in [2.05, 4.69) is 0 Å². The van der Waals surface area contributed by atoms with E-state index in [0.717, 1.165) is 0 Å². The summed E-state index contributed by atoms with van der Waals surface area (Å²) < 4.78 is 4.70. The summed E-state index contributed by atoms with van der Waals surface area (Å²) in [7, 11) is 0. The fourth-order valence-electron chi connectivity index (χ4n) is 1.05. The van der Waals surface area contributed by atoms with E-state index >= 15 is 0 Å². The van der Waals surface area contributed by atoms with E-state index in [4.69, 9.17) is 16.3 Å². The Morgan fingerprint density at radius 3 is 2.87 bits per heavy atom. The number of carbonyl (C=O) groups excluding carboxylic acids is 1. The van der Waals surface area contributed by atoms with Crippen LogP contribution in [0.5, 0.6) is 5.75 Å². The summed E-state index contributed by atoms with van der Waals surface area (Å²) in [5, 5.41) is 9.64. The molecule has 80 valence electrons. The minimum absolute atomic E-state index is 0.0611. The molecule has 0 aliphatic heterocycles. The maximum atomic E-state index is 11.0. The molecule has 0 aliphatic rings. The van der Waals surface area contributed by atoms with Crippen LogP contribution in [-0.2, 0) is 9.53 Å². The molecular formula is C11H11ClO3. The summed E-state index contributed by atoms with van der Waals surface area (Å²) in [6, 6.07) is 4.56. The molecule has 3 nitrogen and oxygen atoms in total. The Labute approximate surface area is 92.9 Å². The molecule has 1 rings (SSSR count). The molecule has 1 aromatic rings. The smallest absolute Gasteiger partial charge is 0.330 e. The standard InChI is InChI=1S/C11H11ClO3/c1-2-15-11(14)4-3-8-5-9(12)7-10(13)6-8/h3-7,13H,2H2,1H3. The highest BCUT2D eigenvalue weighted by atomic mass is 35.5. The van der Waals surface area contributed by atoms with Gasteiger partial charge in [0.1, 0.15) is 5.75 Å². The maximum absolute atomic E-state index is 11.0. The molecule has 0 spiro atoms. The van der Waals surface area contributed by atoms with Crippen LogP contribution in [0.15, 0.2) is 24.3 Å². The number of phenols is 1. The van der Waals surface area contributed by atoms with Crippen molar-refractivity contribution in [3.05, 3.63) is 34.9 Å². The number of esters is 1. The van der Waals surface area contributed by atoms with Crippen LogP contribution in [0.4, 0.5) is 0 Å². The van der Waals surface area contributed by atoms with Crippen LogP contribution in [0.25, 0.3) is 6.08 Å². The summed E-state index contributed by atoms with van der Waals surface area (Å²) in [6.45, 7) is 2.07. The predicted octanol–water partition coefficient (Wildman–Crippen LogP) is 2.62. The van der Waals surface area contributed by atoms with Crippen LogP contribution in [0.1, 0.15) is 12.5 Å². The van der Waals surface area contributed by atoms with Crippen molar-refractivity contribution in [3.63, 3.8) is 0 Å². The van der Waals surface area contributed by atoms with Crippen molar-refractivity contribution < 1.29 is 14.6 Å². The summed E-state index contributed by atoms with van der Waals surface area (Å²) in [4.78, 5) is 11.0. The van der Waals surface area contributed by atoms with Gasteiger partial charge in [0.25, 0.3) is 0 Å². The van der Waals surface area contributed by atoms with Gasteiger partial charge >= 0.3 is 5.97 Å². The Morgan fingerprint density at radius 1 is 1.53 bits per heavy atom. The van der Waals surface area contributed by atoms with Crippen LogP contribution in [0, 0.1) is 0 Å². The van der Waals surface area contributed by atoms with Crippen molar-refractivity contribution in [3.8, 4) is 5.75 Å². The second-order valence-electron chi connectivity index (χ2n) is 2.83. The first-order chi connectivity index (χ1) is 7.11. The van der Waals surface area contributed by atoms with Crippen molar-refractivity contribution in [2.75, 3.05) is 6.61 Å². The monoisotopic (exact) mass is 226 g/mol. The van der Waals surface area contributed by atoms with Gasteiger partial charge in [-0.2, -0.15) is 0 Å². The van der Waals surface area contributed by atoms with Gasteiger partial charge in [-0.15, -0.1) is 0 Å². The van der Waals surface area contributed by atoms with Gasteiger partial charge in [0, 0.05) is 11.1 Å². The number of rotatable bonds is 3. The molecule has 0 saturated heterocycles. The van der Waals surface area contributed by atoms with E-state index in [1.165, 1.54) is 24.3 Å². The second kappa shape index (κ2) is 5.41. The minimum atomic E-state index is -0.419. The van der Waals surface area contributed by atoms with Gasteiger partial charge in [0.2, 0.25) is 0 Å². The first kappa shape index (κ1) is 11.6. The van der Waals surface area contributed by atoms with Gasteiger partial charge in [-0.3, -0.25) is 0 Å². The molecular weight excluding hydrogens is 216 g/mol. The van der Waals surface area contributed by atoms with E-state index in [9.17, 15) is 9.90 Å². The number of ether oxygens (including phenoxy) is 1. The second-order valence-corrected chi connectivity index (χ2v) is 3.26. The Balaban J connectivity index is 2.76. The van der Waals surface area contributed by atoms with Gasteiger partial charge in [0.05, 0.1) is 6.61 Å². The Hall–Kier alpha value is -1.48. The van der Waals surface area contributed by atoms with Crippen LogP contribution in [-0.4, -0.2) is 17.7 Å². The molecule has 0 aliphatic carbocycles. The molecule has 0 saturated carbocycles. The summed E-state index contributed by atoms with van der Waals surface area (Å²) in [6.07, 6.45) is 2.82. The van der Waals surface area contributed by atoms with Crippen molar-refractivity contribution in [1.29, 1.82) is 0 Å². The Morgan fingerprint density at radius 2 is 2.27 bits per heavy atom. The molecule has 0 atom stereocenters. The molecule has 15 heavy (non-hydrogen) atoms. The third-order valence-corrected chi connectivity index (χ3v) is 1.82. The maximum Gasteiger partial charge on any atom is 0.330 e. The largest absolute Gasteiger partial charge is 0.508 e. The van der Waals surface area contributed by atoms with Crippen LogP contribution in [0.3, 0.4) is 0 Å². The van der Waals surface area contributed by atoms with E-state index in [0.29, 0.717) is 17.2 Å². The lowest BCUT2D eigenvalue weighted by molar-refractivity contribution is -0.137. The Kier molecular flexibility index (Phi) is 4.18. The predicted molar refractivity (Wildman–Crippen MR) is 58.8 cm³/mol. The molecule has 0 fully saturated rings. The highest BCUT2D eigenvalue weighted by Crippen LogP contribution is 2.20. The fraction of sp³-hybridized carbons (Fsp3) is 0.182. The molecule has 1 N–H and O–H groups in total. The zero-order valence-corrected chi connectivity index (χ0v) is 8.99. The van der Waals surface area contributed by atoms with Crippen molar-refractivity contribution in [2.45, 2.75) is 6.92 Å². The topological polar surface area (TPSA) is 46.5 Å². The molecule has 0 bridgehead atoms. The number of hydrogen-bond donors (Lipinski definition) is 1. The number of phenolic OH excluding ortho intramolecular Hbond substituents is 1. The van der Waals surface area contributed by atoms with Crippen molar-refractivity contribution in [1.82, 2.24) is 0 Å². The number of hydrogen-bond acceptors (Lipinski definition) is 3. The lowest BCUT2D eigenvalue weighted by Gasteiger charge is -1.98. The van der Waals surface area contributed by atoms with Gasteiger partial charge in [-0.1, -0.05) is 11.6 Å². The first-order valence-electron chi connectivity index (χ1n) is 4.46. The van der Waals surface area contributed by atoms with Crippen molar-refractivity contribution >= 4 is 23.6 Å². The minimum Gasteiger partial charge on any atom is -0.508 e. The van der Waals surface area contributed by atoms with E-state index < -0.39 is 5.97 Å². The molecule has 0 unspecified atom stereocenters. The SMILES string of the molecule is CCOC(=O)C=Cc1cc(O)cc(Cl)c1. The number of benzene rings is 1. The molecule has 0 radical (unpaired) electrons.